The number of fused-ring (bicyclic) bond motifs is 5. The fourth-order valence-corrected chi connectivity index (χ4v) is 3.44. The Morgan fingerprint density at radius 1 is 1.28 bits per heavy atom. The Morgan fingerprint density at radius 2 is 1.94 bits per heavy atom. The normalized spacial score (nSPS) is 29.7. The molecule has 2 bridgehead atoms. The second-order valence-electron chi connectivity index (χ2n) is 7.77. The van der Waals surface area contributed by atoms with Gasteiger partial charge in [0.15, 0.2) is 0 Å². The standard InChI is InChI=1S/C20H23N3O9/c1-18(28,11-24)15(25)20-17(27)21-19(29,16(26)22-20)13(9-10-32-20)4-2-3-12-5-7-14(8-6-12)23(30)31/h2-8,15,24-25,28-29H,9-11H2,1H3,(H,21,27)(H,22,26)/b3-2+,13-4+/t15-,18-,19-,20+/m1/s1. The van der Waals surface area contributed by atoms with Gasteiger partial charge in [-0.2, -0.15) is 0 Å². The molecular weight excluding hydrogens is 426 g/mol. The molecule has 0 radical (unpaired) electrons. The number of allylic oxidation sites excluding steroid dienone is 2. The lowest BCUT2D eigenvalue weighted by Crippen LogP contribution is -2.82. The molecule has 0 saturated carbocycles. The number of nitro benzene ring substituents is 1. The van der Waals surface area contributed by atoms with E-state index in [2.05, 4.69) is 10.6 Å². The van der Waals surface area contributed by atoms with E-state index in [-0.39, 0.29) is 24.3 Å². The molecule has 4 atom stereocenters. The summed E-state index contributed by atoms with van der Waals surface area (Å²) in [5.41, 5.74) is -6.40. The number of rotatable bonds is 6. The number of amides is 2. The third-order valence-electron chi connectivity index (χ3n) is 5.41. The predicted octanol–water partition coefficient (Wildman–Crippen LogP) is -1.31. The summed E-state index contributed by atoms with van der Waals surface area (Å²) in [6.45, 7) is -0.0832. The van der Waals surface area contributed by atoms with Crippen LogP contribution in [0.5, 0.6) is 0 Å². The number of aliphatic hydroxyl groups is 4. The van der Waals surface area contributed by atoms with Gasteiger partial charge in [-0.15, -0.1) is 0 Å². The molecule has 3 aliphatic rings. The molecule has 172 valence electrons. The number of nitro groups is 1. The van der Waals surface area contributed by atoms with Gasteiger partial charge >= 0.3 is 0 Å². The maximum Gasteiger partial charge on any atom is 0.280 e. The first-order valence-corrected chi connectivity index (χ1v) is 9.61. The number of non-ortho nitro benzene ring substituents is 1. The lowest BCUT2D eigenvalue weighted by Gasteiger charge is -2.49. The lowest BCUT2D eigenvalue weighted by atomic mass is 9.84. The van der Waals surface area contributed by atoms with Crippen molar-refractivity contribution in [1.82, 2.24) is 10.6 Å². The number of ether oxygens (including phenoxy) is 1. The summed E-state index contributed by atoms with van der Waals surface area (Å²) in [5, 5.41) is 55.9. The van der Waals surface area contributed by atoms with Crippen LogP contribution < -0.4 is 10.6 Å². The molecule has 3 heterocycles. The Bertz CT molecular complexity index is 989. The van der Waals surface area contributed by atoms with Crippen molar-refractivity contribution in [3.63, 3.8) is 0 Å². The molecule has 4 rings (SSSR count). The molecule has 6 N–H and O–H groups in total. The highest BCUT2D eigenvalue weighted by Crippen LogP contribution is 2.33. The number of benzene rings is 1. The van der Waals surface area contributed by atoms with Crippen LogP contribution in [-0.4, -0.2) is 73.5 Å². The third kappa shape index (κ3) is 4.01. The van der Waals surface area contributed by atoms with E-state index in [1.165, 1.54) is 36.4 Å². The SMILES string of the molecule is C[C@@](O)(CO)[C@@H](O)[C@@]12NC(=O)[C@@](O)(NC1=O)/C(=C/C=C/c1ccc([N+](=O)[O-])cc1)CCO2. The van der Waals surface area contributed by atoms with Crippen LogP contribution >= 0.6 is 0 Å². The van der Waals surface area contributed by atoms with Gasteiger partial charge in [0.2, 0.25) is 5.72 Å². The van der Waals surface area contributed by atoms with Crippen LogP contribution in [0.3, 0.4) is 0 Å². The van der Waals surface area contributed by atoms with Crippen LogP contribution in [0.1, 0.15) is 18.9 Å². The Hall–Kier alpha value is -3.16. The molecule has 1 aromatic carbocycles. The summed E-state index contributed by atoms with van der Waals surface area (Å²) in [7, 11) is 0. The molecule has 0 aliphatic carbocycles. The van der Waals surface area contributed by atoms with E-state index >= 15 is 0 Å². The number of carbonyl (C=O) groups is 2. The second-order valence-corrected chi connectivity index (χ2v) is 7.77. The number of nitrogens with zero attached hydrogens (tertiary/aromatic N) is 1. The molecule has 0 aromatic heterocycles. The van der Waals surface area contributed by atoms with Gasteiger partial charge in [-0.3, -0.25) is 19.7 Å². The summed E-state index contributed by atoms with van der Waals surface area (Å²) in [6.07, 6.45) is 2.40. The minimum atomic E-state index is -2.44. The fraction of sp³-hybridized carbons (Fsp3) is 0.400. The Labute approximate surface area is 182 Å². The van der Waals surface area contributed by atoms with Gasteiger partial charge in [0, 0.05) is 12.1 Å². The maximum absolute atomic E-state index is 12.8. The van der Waals surface area contributed by atoms with Crippen molar-refractivity contribution >= 4 is 23.6 Å². The molecule has 3 aliphatic heterocycles. The summed E-state index contributed by atoms with van der Waals surface area (Å²) in [4.78, 5) is 35.7. The minimum Gasteiger partial charge on any atom is -0.393 e. The monoisotopic (exact) mass is 449 g/mol. The lowest BCUT2D eigenvalue weighted by molar-refractivity contribution is -0.384. The molecule has 12 heteroatoms. The molecule has 0 spiro atoms. The van der Waals surface area contributed by atoms with Crippen molar-refractivity contribution in [2.45, 2.75) is 36.5 Å². The van der Waals surface area contributed by atoms with Crippen molar-refractivity contribution in [3.8, 4) is 0 Å². The number of hydrogen-bond donors (Lipinski definition) is 6. The van der Waals surface area contributed by atoms with Crippen molar-refractivity contribution in [1.29, 1.82) is 0 Å². The largest absolute Gasteiger partial charge is 0.393 e. The Balaban J connectivity index is 1.87. The van der Waals surface area contributed by atoms with Crippen LogP contribution in [0.15, 0.2) is 42.0 Å². The number of hydrogen-bond acceptors (Lipinski definition) is 9. The first-order chi connectivity index (χ1) is 15.0. The van der Waals surface area contributed by atoms with Gasteiger partial charge in [-0.05, 0) is 36.6 Å². The van der Waals surface area contributed by atoms with Gasteiger partial charge in [0.25, 0.3) is 23.2 Å². The molecular formula is C20H23N3O9. The highest BCUT2D eigenvalue weighted by Gasteiger charge is 2.63. The molecule has 0 unspecified atom stereocenters. The summed E-state index contributed by atoms with van der Waals surface area (Å²) >= 11 is 0. The van der Waals surface area contributed by atoms with E-state index < -0.39 is 46.5 Å². The van der Waals surface area contributed by atoms with Crippen molar-refractivity contribution in [3.05, 3.63) is 57.7 Å². The first-order valence-electron chi connectivity index (χ1n) is 9.61. The molecule has 3 saturated heterocycles. The van der Waals surface area contributed by atoms with Gasteiger partial charge in [0.05, 0.1) is 18.1 Å². The molecule has 3 fully saturated rings. The van der Waals surface area contributed by atoms with E-state index in [1.54, 1.807) is 6.08 Å². The highest BCUT2D eigenvalue weighted by molar-refractivity contribution is 6.03. The average Bonchev–Trinajstić information content (AvgIpc) is 2.75. The quantitative estimate of drug-likeness (QED) is 0.226. The average molecular weight is 449 g/mol. The number of piperazine rings is 1. The number of aliphatic hydroxyl groups excluding tert-OH is 2. The van der Waals surface area contributed by atoms with Crippen LogP contribution in [0.2, 0.25) is 0 Å². The fourth-order valence-electron chi connectivity index (χ4n) is 3.44. The highest BCUT2D eigenvalue weighted by atomic mass is 16.6. The predicted molar refractivity (Wildman–Crippen MR) is 108 cm³/mol. The summed E-state index contributed by atoms with van der Waals surface area (Å²) in [6, 6.07) is 5.68. The van der Waals surface area contributed by atoms with Crippen LogP contribution in [0, 0.1) is 10.1 Å². The van der Waals surface area contributed by atoms with Gasteiger partial charge in [-0.1, -0.05) is 18.2 Å². The van der Waals surface area contributed by atoms with Crippen LogP contribution in [0.4, 0.5) is 5.69 Å². The smallest absolute Gasteiger partial charge is 0.280 e. The van der Waals surface area contributed by atoms with Crippen LogP contribution in [-0.2, 0) is 14.3 Å². The zero-order valence-electron chi connectivity index (χ0n) is 17.0. The summed E-state index contributed by atoms with van der Waals surface area (Å²) < 4.78 is 5.46. The zero-order valence-corrected chi connectivity index (χ0v) is 17.0. The minimum absolute atomic E-state index is 0.0233. The molecule has 32 heavy (non-hydrogen) atoms. The van der Waals surface area contributed by atoms with Crippen molar-refractivity contribution < 1.29 is 39.7 Å². The number of carbonyl (C=O) groups excluding carboxylic acids is 2. The summed E-state index contributed by atoms with van der Waals surface area (Å²) in [5.74, 6) is -2.20. The maximum atomic E-state index is 12.8. The van der Waals surface area contributed by atoms with E-state index in [4.69, 9.17) is 4.74 Å². The molecule has 1 aromatic rings. The Kier molecular flexibility index (Phi) is 6.18. The molecule has 12 nitrogen and oxygen atoms in total. The van der Waals surface area contributed by atoms with Crippen molar-refractivity contribution in [2.75, 3.05) is 13.2 Å². The van der Waals surface area contributed by atoms with E-state index in [9.17, 15) is 40.1 Å². The second kappa shape index (κ2) is 8.41. The van der Waals surface area contributed by atoms with Crippen LogP contribution in [0.25, 0.3) is 6.08 Å². The zero-order chi connectivity index (χ0) is 23.7. The Morgan fingerprint density at radius 3 is 2.53 bits per heavy atom. The van der Waals surface area contributed by atoms with Gasteiger partial charge in [0.1, 0.15) is 11.7 Å². The molecule has 2 amide bonds. The van der Waals surface area contributed by atoms with E-state index in [1.807, 2.05) is 0 Å². The third-order valence-corrected chi connectivity index (χ3v) is 5.41. The van der Waals surface area contributed by atoms with Crippen molar-refractivity contribution in [2.24, 2.45) is 0 Å². The van der Waals surface area contributed by atoms with E-state index in [0.29, 0.717) is 5.56 Å². The number of nitrogens with one attached hydrogen (secondary N) is 2. The topological polar surface area (TPSA) is 191 Å². The van der Waals surface area contributed by atoms with Gasteiger partial charge < -0.3 is 35.8 Å². The first kappa shape index (κ1) is 23.5. The van der Waals surface area contributed by atoms with Gasteiger partial charge in [-0.25, -0.2) is 0 Å². The van der Waals surface area contributed by atoms with E-state index in [0.717, 1.165) is 6.92 Å².